The second kappa shape index (κ2) is 7.90. The summed E-state index contributed by atoms with van der Waals surface area (Å²) in [5.74, 6) is 2.05. The smallest absolute Gasteiger partial charge is 0.130 e. The third-order valence-corrected chi connectivity index (χ3v) is 5.92. The fourth-order valence-corrected chi connectivity index (χ4v) is 4.59. The summed E-state index contributed by atoms with van der Waals surface area (Å²) in [6.45, 7) is 13.2. The molecule has 1 aromatic heterocycles. The van der Waals surface area contributed by atoms with E-state index in [1.807, 2.05) is 0 Å². The predicted octanol–water partition coefficient (Wildman–Crippen LogP) is 5.11. The molecular weight excluding hydrogens is 346 g/mol. The minimum absolute atomic E-state index is 0.0106. The quantitative estimate of drug-likeness (QED) is 0.706. The maximum Gasteiger partial charge on any atom is 0.130 e. The second-order valence-electron chi connectivity index (χ2n) is 9.53. The lowest BCUT2D eigenvalue weighted by Crippen LogP contribution is -2.27. The van der Waals surface area contributed by atoms with E-state index in [-0.39, 0.29) is 5.54 Å². The molecule has 0 unspecified atom stereocenters. The third kappa shape index (κ3) is 4.27. The fraction of sp³-hybridized carbons (Fsp3) is 0.625. The summed E-state index contributed by atoms with van der Waals surface area (Å²) >= 11 is 0. The molecule has 0 saturated carbocycles. The standard InChI is InChI=1S/C24H35N3O/c1-17-15-20-18-9-7-10-19(18)23(26-24(2,3)4)25-21(20)16-22(17)28-14-8-13-27-11-5-6-12-27/h15-16H,5-14H2,1-4H3,(H,25,26). The predicted molar refractivity (Wildman–Crippen MR) is 118 cm³/mol. The van der Waals surface area contributed by atoms with Crippen molar-refractivity contribution in [3.8, 4) is 5.75 Å². The zero-order valence-corrected chi connectivity index (χ0v) is 18.0. The number of hydrogen-bond donors (Lipinski definition) is 1. The van der Waals surface area contributed by atoms with Crippen LogP contribution in [0.1, 0.15) is 63.1 Å². The lowest BCUT2D eigenvalue weighted by Gasteiger charge is -2.24. The van der Waals surface area contributed by atoms with E-state index < -0.39 is 0 Å². The first-order valence-corrected chi connectivity index (χ1v) is 11.0. The first-order valence-electron chi connectivity index (χ1n) is 11.0. The van der Waals surface area contributed by atoms with Gasteiger partial charge in [-0.15, -0.1) is 0 Å². The van der Waals surface area contributed by atoms with E-state index >= 15 is 0 Å². The summed E-state index contributed by atoms with van der Waals surface area (Å²) in [6.07, 6.45) is 7.30. The van der Waals surface area contributed by atoms with Crippen LogP contribution in [-0.4, -0.2) is 41.7 Å². The van der Waals surface area contributed by atoms with Gasteiger partial charge >= 0.3 is 0 Å². The van der Waals surface area contributed by atoms with E-state index in [9.17, 15) is 0 Å². The normalized spacial score (nSPS) is 17.3. The molecule has 4 rings (SSSR count). The second-order valence-corrected chi connectivity index (χ2v) is 9.53. The largest absolute Gasteiger partial charge is 0.493 e. The summed E-state index contributed by atoms with van der Waals surface area (Å²) in [7, 11) is 0. The number of nitrogens with one attached hydrogen (secondary N) is 1. The summed E-state index contributed by atoms with van der Waals surface area (Å²) in [4.78, 5) is 7.57. The van der Waals surface area contributed by atoms with Gasteiger partial charge in [0.1, 0.15) is 11.6 Å². The number of nitrogens with zero attached hydrogens (tertiary/aromatic N) is 2. The van der Waals surface area contributed by atoms with Crippen LogP contribution in [0.2, 0.25) is 0 Å². The van der Waals surface area contributed by atoms with E-state index in [4.69, 9.17) is 9.72 Å². The Labute approximate surface area is 169 Å². The van der Waals surface area contributed by atoms with Gasteiger partial charge in [-0.25, -0.2) is 4.98 Å². The third-order valence-electron chi connectivity index (χ3n) is 5.92. The van der Waals surface area contributed by atoms with E-state index in [1.54, 1.807) is 0 Å². The van der Waals surface area contributed by atoms with E-state index in [0.717, 1.165) is 49.5 Å². The van der Waals surface area contributed by atoms with Gasteiger partial charge in [-0.1, -0.05) is 0 Å². The molecule has 1 N–H and O–H groups in total. The van der Waals surface area contributed by atoms with Gasteiger partial charge in [-0.05, 0) is 102 Å². The Balaban J connectivity index is 1.55. The Bertz CT molecular complexity index is 847. The Kier molecular flexibility index (Phi) is 5.50. The molecule has 0 bridgehead atoms. The number of likely N-dealkylation sites (tertiary alicyclic amines) is 1. The Hall–Kier alpha value is -1.81. The maximum atomic E-state index is 6.18. The van der Waals surface area contributed by atoms with Crippen LogP contribution < -0.4 is 10.1 Å². The molecule has 0 radical (unpaired) electrons. The van der Waals surface area contributed by atoms with E-state index in [0.29, 0.717) is 0 Å². The van der Waals surface area contributed by atoms with E-state index in [2.05, 4.69) is 50.0 Å². The molecule has 1 aromatic carbocycles. The molecule has 28 heavy (non-hydrogen) atoms. The van der Waals surface area contributed by atoms with Crippen LogP contribution in [0.3, 0.4) is 0 Å². The highest BCUT2D eigenvalue weighted by atomic mass is 16.5. The molecule has 2 heterocycles. The van der Waals surface area contributed by atoms with Crippen molar-refractivity contribution in [2.45, 2.75) is 71.8 Å². The number of benzene rings is 1. The van der Waals surface area contributed by atoms with Crippen molar-refractivity contribution in [2.75, 3.05) is 31.6 Å². The molecule has 152 valence electrons. The van der Waals surface area contributed by atoms with Gasteiger partial charge in [0.25, 0.3) is 0 Å². The van der Waals surface area contributed by atoms with Crippen molar-refractivity contribution in [1.82, 2.24) is 9.88 Å². The highest BCUT2D eigenvalue weighted by molar-refractivity contribution is 5.88. The topological polar surface area (TPSA) is 37.4 Å². The highest BCUT2D eigenvalue weighted by Crippen LogP contribution is 2.37. The van der Waals surface area contributed by atoms with Crippen molar-refractivity contribution >= 4 is 16.7 Å². The molecule has 4 heteroatoms. The fourth-order valence-electron chi connectivity index (χ4n) is 4.59. The first-order chi connectivity index (χ1) is 13.4. The zero-order chi connectivity index (χ0) is 19.7. The van der Waals surface area contributed by atoms with Gasteiger partial charge in [-0.3, -0.25) is 0 Å². The van der Waals surface area contributed by atoms with E-state index in [1.165, 1.54) is 54.4 Å². The van der Waals surface area contributed by atoms with Crippen molar-refractivity contribution < 1.29 is 4.74 Å². The highest BCUT2D eigenvalue weighted by Gasteiger charge is 2.23. The van der Waals surface area contributed by atoms with Crippen LogP contribution in [0.5, 0.6) is 5.75 Å². The number of ether oxygens (including phenoxy) is 1. The van der Waals surface area contributed by atoms with Crippen molar-refractivity contribution in [3.05, 3.63) is 28.8 Å². The van der Waals surface area contributed by atoms with Crippen LogP contribution in [0.25, 0.3) is 10.9 Å². The molecule has 0 atom stereocenters. The molecule has 1 aliphatic heterocycles. The summed E-state index contributed by atoms with van der Waals surface area (Å²) < 4.78 is 6.18. The van der Waals surface area contributed by atoms with Gasteiger partial charge in [0.05, 0.1) is 12.1 Å². The lowest BCUT2D eigenvalue weighted by molar-refractivity contribution is 0.262. The van der Waals surface area contributed by atoms with Crippen molar-refractivity contribution in [3.63, 3.8) is 0 Å². The Morgan fingerprint density at radius 2 is 1.82 bits per heavy atom. The molecule has 4 nitrogen and oxygen atoms in total. The molecule has 2 aliphatic rings. The molecule has 0 spiro atoms. The SMILES string of the molecule is Cc1cc2c3c(c(NC(C)(C)C)nc2cc1OCCCN1CCCC1)CCC3. The maximum absolute atomic E-state index is 6.18. The van der Waals surface area contributed by atoms with Gasteiger partial charge in [0.15, 0.2) is 0 Å². The number of aromatic nitrogens is 1. The average molecular weight is 382 g/mol. The lowest BCUT2D eigenvalue weighted by atomic mass is 10.0. The minimum atomic E-state index is 0.0106. The molecule has 1 fully saturated rings. The van der Waals surface area contributed by atoms with Gasteiger partial charge in [0.2, 0.25) is 0 Å². The number of hydrogen-bond acceptors (Lipinski definition) is 4. The number of aryl methyl sites for hydroxylation is 2. The van der Waals surface area contributed by atoms with Gasteiger partial charge in [-0.2, -0.15) is 0 Å². The van der Waals surface area contributed by atoms with Gasteiger partial charge < -0.3 is 15.0 Å². The van der Waals surface area contributed by atoms with Crippen LogP contribution in [0.15, 0.2) is 12.1 Å². The summed E-state index contributed by atoms with van der Waals surface area (Å²) in [6, 6.07) is 4.45. The number of rotatable bonds is 6. The minimum Gasteiger partial charge on any atom is -0.493 e. The number of pyridine rings is 1. The van der Waals surface area contributed by atoms with Crippen molar-refractivity contribution in [2.24, 2.45) is 0 Å². The summed E-state index contributed by atoms with van der Waals surface area (Å²) in [5, 5.41) is 4.95. The zero-order valence-electron chi connectivity index (χ0n) is 18.0. The van der Waals surface area contributed by atoms with Crippen LogP contribution in [0.4, 0.5) is 5.82 Å². The Morgan fingerprint density at radius 1 is 1.07 bits per heavy atom. The van der Waals surface area contributed by atoms with Gasteiger partial charge in [0, 0.05) is 23.5 Å². The van der Waals surface area contributed by atoms with Crippen LogP contribution in [0, 0.1) is 6.92 Å². The number of anilines is 1. The molecular formula is C24H35N3O. The van der Waals surface area contributed by atoms with Crippen LogP contribution in [-0.2, 0) is 12.8 Å². The number of fused-ring (bicyclic) bond motifs is 3. The molecule has 1 saturated heterocycles. The first kappa shape index (κ1) is 19.5. The molecule has 2 aromatic rings. The molecule has 0 amide bonds. The van der Waals surface area contributed by atoms with Crippen LogP contribution >= 0.6 is 0 Å². The monoisotopic (exact) mass is 381 g/mol. The van der Waals surface area contributed by atoms with Crippen molar-refractivity contribution in [1.29, 1.82) is 0 Å². The Morgan fingerprint density at radius 3 is 2.57 bits per heavy atom. The summed E-state index contributed by atoms with van der Waals surface area (Å²) in [5.41, 5.74) is 5.20. The average Bonchev–Trinajstić information content (AvgIpc) is 3.30. The molecule has 1 aliphatic carbocycles.